The van der Waals surface area contributed by atoms with Crippen LogP contribution >= 0.6 is 51.5 Å². The first-order chi connectivity index (χ1) is 8.47. The molecule has 2 unspecified atom stereocenters. The highest BCUT2D eigenvalue weighted by Crippen LogP contribution is 2.51. The largest absolute Gasteiger partial charge is 0.491 e. The molecule has 0 radical (unpaired) electrons. The van der Waals surface area contributed by atoms with Gasteiger partial charge in [0.25, 0.3) is 0 Å². The van der Waals surface area contributed by atoms with Crippen LogP contribution in [0.3, 0.4) is 0 Å². The monoisotopic (exact) mass is 428 g/mol. The van der Waals surface area contributed by atoms with Crippen LogP contribution in [0.2, 0.25) is 0 Å². The van der Waals surface area contributed by atoms with Crippen molar-refractivity contribution in [1.82, 2.24) is 0 Å². The Labute approximate surface area is 131 Å². The first kappa shape index (κ1) is 19.4. The fourth-order valence-corrected chi connectivity index (χ4v) is 3.92. The number of hydrogen-bond acceptors (Lipinski definition) is 4. The molecule has 0 saturated carbocycles. The second kappa shape index (κ2) is 11.1. The van der Waals surface area contributed by atoms with E-state index in [0.717, 1.165) is 25.7 Å². The Hall–Kier alpha value is 1.36. The molecular weight excluding hydrogens is 410 g/mol. The second-order valence-corrected chi connectivity index (χ2v) is 8.43. The van der Waals surface area contributed by atoms with E-state index in [9.17, 15) is 4.57 Å². The van der Waals surface area contributed by atoms with Crippen molar-refractivity contribution in [2.24, 2.45) is 0 Å². The summed E-state index contributed by atoms with van der Waals surface area (Å²) in [6, 6.07) is 0. The van der Waals surface area contributed by atoms with Crippen LogP contribution in [0.25, 0.3) is 0 Å². The average Bonchev–Trinajstić information content (AvgIpc) is 2.35. The summed E-state index contributed by atoms with van der Waals surface area (Å²) in [4.78, 5) is 0.225. The van der Waals surface area contributed by atoms with E-state index in [1.54, 1.807) is 0 Å². The normalized spacial score (nSPS) is 18.3. The molecule has 0 N–H and O–H groups in total. The van der Waals surface area contributed by atoms with E-state index in [1.165, 1.54) is 0 Å². The van der Waals surface area contributed by atoms with Gasteiger partial charge in [-0.05, 0) is 12.8 Å². The summed E-state index contributed by atoms with van der Waals surface area (Å²) < 4.78 is 26.6. The Morgan fingerprint density at radius 2 is 1.44 bits per heavy atom. The maximum Gasteiger partial charge on any atom is 0.491 e. The van der Waals surface area contributed by atoms with E-state index >= 15 is 0 Å². The lowest BCUT2D eigenvalue weighted by molar-refractivity contribution is 0.159. The third-order valence-electron chi connectivity index (χ3n) is 2.12. The molecule has 2 atom stereocenters. The number of halogens is 3. The number of phosphoric acid groups is 1. The molecule has 0 aromatic heterocycles. The predicted molar refractivity (Wildman–Crippen MR) is 81.7 cm³/mol. The lowest BCUT2D eigenvalue weighted by Gasteiger charge is -2.17. The lowest BCUT2D eigenvalue weighted by atomic mass is 10.3. The molecule has 110 valence electrons. The standard InChI is InChI=1S/C10H20Br2ClO4P/c1-3-5-9(11)7-15-18(14,17-13)16-8-10(12)6-4-2/h9-10H,3-8H2,1-2H3. The Morgan fingerprint density at radius 3 is 1.72 bits per heavy atom. The van der Waals surface area contributed by atoms with Gasteiger partial charge in [-0.3, -0.25) is 9.05 Å². The van der Waals surface area contributed by atoms with Gasteiger partial charge in [-0.1, -0.05) is 58.5 Å². The van der Waals surface area contributed by atoms with Gasteiger partial charge in [-0.15, -0.1) is 0 Å². The van der Waals surface area contributed by atoms with E-state index in [0.29, 0.717) is 0 Å². The molecular formula is C10H20Br2ClO4P. The molecule has 18 heavy (non-hydrogen) atoms. The van der Waals surface area contributed by atoms with Gasteiger partial charge in [-0.2, -0.15) is 4.08 Å². The van der Waals surface area contributed by atoms with Crippen LogP contribution in [0.15, 0.2) is 0 Å². The van der Waals surface area contributed by atoms with Gasteiger partial charge in [0.15, 0.2) is 0 Å². The SMILES string of the molecule is CCCC(Br)COP(=O)(OCl)OCC(Br)CCC. The summed E-state index contributed by atoms with van der Waals surface area (Å²) in [5.41, 5.74) is 0. The fraction of sp³-hybridized carbons (Fsp3) is 1.00. The minimum Gasteiger partial charge on any atom is -0.285 e. The van der Waals surface area contributed by atoms with Crippen LogP contribution in [-0.2, 0) is 17.7 Å². The Bertz CT molecular complexity index is 238. The maximum absolute atomic E-state index is 12.0. The molecule has 0 fully saturated rings. The summed E-state index contributed by atoms with van der Waals surface area (Å²) in [6.07, 6.45) is 3.84. The summed E-state index contributed by atoms with van der Waals surface area (Å²) >= 11 is 12.0. The highest BCUT2D eigenvalue weighted by molar-refractivity contribution is 9.09. The van der Waals surface area contributed by atoms with E-state index in [-0.39, 0.29) is 22.9 Å². The van der Waals surface area contributed by atoms with Crippen molar-refractivity contribution in [3.8, 4) is 0 Å². The number of hydrogen-bond donors (Lipinski definition) is 0. The molecule has 4 nitrogen and oxygen atoms in total. The van der Waals surface area contributed by atoms with Crippen molar-refractivity contribution in [2.75, 3.05) is 13.2 Å². The van der Waals surface area contributed by atoms with Gasteiger partial charge in [-0.25, -0.2) is 4.57 Å². The van der Waals surface area contributed by atoms with Gasteiger partial charge < -0.3 is 0 Å². The molecule has 0 aliphatic heterocycles. The molecule has 0 rings (SSSR count). The van der Waals surface area contributed by atoms with Crippen molar-refractivity contribution >= 4 is 51.5 Å². The average molecular weight is 431 g/mol. The van der Waals surface area contributed by atoms with Crippen molar-refractivity contribution in [3.63, 3.8) is 0 Å². The minimum absolute atomic E-state index is 0.113. The van der Waals surface area contributed by atoms with E-state index in [4.69, 9.17) is 20.9 Å². The van der Waals surface area contributed by atoms with E-state index in [1.807, 2.05) is 0 Å². The first-order valence-corrected chi connectivity index (χ1v) is 9.55. The Morgan fingerprint density at radius 1 is 1.06 bits per heavy atom. The van der Waals surface area contributed by atoms with Gasteiger partial charge in [0.1, 0.15) is 0 Å². The Balaban J connectivity index is 4.06. The molecule has 0 amide bonds. The molecule has 0 spiro atoms. The third-order valence-corrected chi connectivity index (χ3v) is 5.17. The number of alkyl halides is 2. The lowest BCUT2D eigenvalue weighted by Crippen LogP contribution is -2.11. The van der Waals surface area contributed by atoms with Gasteiger partial charge >= 0.3 is 7.82 Å². The molecule has 0 saturated heterocycles. The molecule has 0 aromatic carbocycles. The van der Waals surface area contributed by atoms with Gasteiger partial charge in [0.05, 0.1) is 25.1 Å². The number of phosphoric ester groups is 1. The molecule has 0 aliphatic carbocycles. The quantitative estimate of drug-likeness (QED) is 0.324. The van der Waals surface area contributed by atoms with E-state index in [2.05, 4.69) is 49.8 Å². The summed E-state index contributed by atoms with van der Waals surface area (Å²) in [5.74, 6) is 0. The van der Waals surface area contributed by atoms with Crippen LogP contribution in [0.5, 0.6) is 0 Å². The highest BCUT2D eigenvalue weighted by atomic mass is 79.9. The molecule has 8 heteroatoms. The summed E-state index contributed by atoms with van der Waals surface area (Å²) in [7, 11) is -3.65. The van der Waals surface area contributed by atoms with Gasteiger partial charge in [0.2, 0.25) is 0 Å². The van der Waals surface area contributed by atoms with Crippen molar-refractivity contribution in [1.29, 1.82) is 0 Å². The molecule has 0 heterocycles. The molecule has 0 bridgehead atoms. The smallest absolute Gasteiger partial charge is 0.285 e. The van der Waals surface area contributed by atoms with Crippen molar-refractivity contribution < 1.29 is 17.7 Å². The number of rotatable bonds is 11. The van der Waals surface area contributed by atoms with Crippen LogP contribution < -0.4 is 0 Å². The second-order valence-electron chi connectivity index (χ2n) is 3.88. The van der Waals surface area contributed by atoms with E-state index < -0.39 is 7.82 Å². The van der Waals surface area contributed by atoms with Crippen LogP contribution in [0, 0.1) is 0 Å². The van der Waals surface area contributed by atoms with Crippen LogP contribution in [-0.4, -0.2) is 22.9 Å². The zero-order valence-corrected chi connectivity index (χ0v) is 15.4. The maximum atomic E-state index is 12.0. The zero-order chi connectivity index (χ0) is 14.0. The van der Waals surface area contributed by atoms with Crippen LogP contribution in [0.1, 0.15) is 39.5 Å². The third kappa shape index (κ3) is 9.29. The first-order valence-electron chi connectivity index (χ1n) is 5.95. The topological polar surface area (TPSA) is 44.8 Å². The minimum atomic E-state index is -3.65. The summed E-state index contributed by atoms with van der Waals surface area (Å²) in [5, 5.41) is 0. The summed E-state index contributed by atoms with van der Waals surface area (Å²) in [6.45, 7) is 4.59. The molecule has 0 aliphatic rings. The highest BCUT2D eigenvalue weighted by Gasteiger charge is 2.28. The molecule has 0 aromatic rings. The Kier molecular flexibility index (Phi) is 11.9. The zero-order valence-electron chi connectivity index (χ0n) is 10.6. The predicted octanol–water partition coefficient (Wildman–Crippen LogP) is 5.43. The van der Waals surface area contributed by atoms with Crippen LogP contribution in [0.4, 0.5) is 0 Å². The van der Waals surface area contributed by atoms with Gasteiger partial charge in [0, 0.05) is 9.65 Å². The van der Waals surface area contributed by atoms with Crippen molar-refractivity contribution in [2.45, 2.75) is 49.2 Å². The van der Waals surface area contributed by atoms with Crippen molar-refractivity contribution in [3.05, 3.63) is 0 Å². The fourth-order valence-electron chi connectivity index (χ4n) is 1.21.